The second-order valence-electron chi connectivity index (χ2n) is 7.37. The largest absolute Gasteiger partial charge is 0.425 e. The number of β-amino-alcohol motifs (C(OH)–C–C–N with tert-alkyl or cyclic N) is 1. The Morgan fingerprint density at radius 3 is 2.66 bits per heavy atom. The van der Waals surface area contributed by atoms with Gasteiger partial charge in [0.05, 0.1) is 19.2 Å². The van der Waals surface area contributed by atoms with Crippen molar-refractivity contribution in [3.05, 3.63) is 79.9 Å². The van der Waals surface area contributed by atoms with E-state index in [1.165, 1.54) is 18.5 Å². The molecular weight excluding hydrogens is 448 g/mol. The number of anilines is 1. The van der Waals surface area contributed by atoms with Crippen molar-refractivity contribution in [2.45, 2.75) is 25.7 Å². The standard InChI is InChI=1S/C21H18F4N4O2S/c1-12-2-3-13(8-16(12)22)15-6-7-28(10-17(15)30)19-26-11-29(20(31)27-19)9-14-4-5-18(32-14)21(23,24)25/h2-6,8,11,17,30H,7,9-10H2,1H3/t17-/m0/s1. The van der Waals surface area contributed by atoms with Crippen molar-refractivity contribution in [3.8, 4) is 0 Å². The van der Waals surface area contributed by atoms with Crippen LogP contribution in [0.3, 0.4) is 0 Å². The molecule has 0 spiro atoms. The van der Waals surface area contributed by atoms with Gasteiger partial charge < -0.3 is 10.0 Å². The molecule has 1 aromatic carbocycles. The molecule has 0 unspecified atom stereocenters. The van der Waals surface area contributed by atoms with E-state index in [2.05, 4.69) is 9.97 Å². The Labute approximate surface area is 184 Å². The molecule has 0 saturated carbocycles. The monoisotopic (exact) mass is 466 g/mol. The summed E-state index contributed by atoms with van der Waals surface area (Å²) in [5.41, 5.74) is 0.992. The number of benzene rings is 1. The number of aliphatic hydroxyl groups is 1. The van der Waals surface area contributed by atoms with Crippen LogP contribution in [0.15, 0.2) is 47.5 Å². The Kier molecular flexibility index (Phi) is 5.87. The summed E-state index contributed by atoms with van der Waals surface area (Å²) in [7, 11) is 0. The lowest BCUT2D eigenvalue weighted by molar-refractivity contribution is -0.134. The average molecular weight is 466 g/mol. The van der Waals surface area contributed by atoms with Gasteiger partial charge in [-0.25, -0.2) is 14.2 Å². The maximum atomic E-state index is 13.9. The molecular formula is C21H18F4N4O2S. The number of alkyl halides is 3. The Morgan fingerprint density at radius 1 is 1.25 bits per heavy atom. The number of hydrogen-bond acceptors (Lipinski definition) is 6. The fourth-order valence-electron chi connectivity index (χ4n) is 3.37. The van der Waals surface area contributed by atoms with Crippen molar-refractivity contribution in [1.82, 2.24) is 14.5 Å². The molecule has 2 aromatic heterocycles. The van der Waals surface area contributed by atoms with E-state index in [1.54, 1.807) is 30.0 Å². The van der Waals surface area contributed by atoms with Crippen LogP contribution in [0.25, 0.3) is 5.57 Å². The smallest absolute Gasteiger partial charge is 0.387 e. The molecule has 0 bridgehead atoms. The summed E-state index contributed by atoms with van der Waals surface area (Å²) in [6, 6.07) is 7.02. The number of thiophene rings is 1. The third kappa shape index (κ3) is 4.58. The van der Waals surface area contributed by atoms with Crippen molar-refractivity contribution in [2.24, 2.45) is 0 Å². The minimum absolute atomic E-state index is 0.0779. The normalized spacial score (nSPS) is 16.9. The molecule has 1 aliphatic rings. The lowest BCUT2D eigenvalue weighted by atomic mass is 9.96. The number of halogens is 4. The van der Waals surface area contributed by atoms with Crippen LogP contribution in [0.1, 0.15) is 20.9 Å². The van der Waals surface area contributed by atoms with Crippen LogP contribution in [0.5, 0.6) is 0 Å². The molecule has 1 N–H and O–H groups in total. The Morgan fingerprint density at radius 2 is 2.03 bits per heavy atom. The summed E-state index contributed by atoms with van der Waals surface area (Å²) in [5, 5.41) is 10.5. The second-order valence-corrected chi connectivity index (χ2v) is 8.54. The molecule has 3 heterocycles. The van der Waals surface area contributed by atoms with E-state index in [1.807, 2.05) is 0 Å². The van der Waals surface area contributed by atoms with Gasteiger partial charge in [0.2, 0.25) is 5.95 Å². The lowest BCUT2D eigenvalue weighted by Crippen LogP contribution is -2.40. The van der Waals surface area contributed by atoms with E-state index in [4.69, 9.17) is 0 Å². The van der Waals surface area contributed by atoms with Gasteiger partial charge in [-0.3, -0.25) is 4.57 Å². The van der Waals surface area contributed by atoms with Gasteiger partial charge in [-0.05, 0) is 41.8 Å². The van der Waals surface area contributed by atoms with Crippen LogP contribution in [0.4, 0.5) is 23.5 Å². The van der Waals surface area contributed by atoms with Crippen LogP contribution in [0.2, 0.25) is 0 Å². The van der Waals surface area contributed by atoms with Gasteiger partial charge in [0.15, 0.2) is 0 Å². The van der Waals surface area contributed by atoms with Crippen LogP contribution in [-0.2, 0) is 12.7 Å². The van der Waals surface area contributed by atoms with Crippen LogP contribution >= 0.6 is 11.3 Å². The number of aryl methyl sites for hydroxylation is 1. The van der Waals surface area contributed by atoms with Gasteiger partial charge >= 0.3 is 11.9 Å². The highest BCUT2D eigenvalue weighted by molar-refractivity contribution is 7.12. The van der Waals surface area contributed by atoms with E-state index >= 15 is 0 Å². The molecule has 6 nitrogen and oxygen atoms in total. The predicted octanol–water partition coefficient (Wildman–Crippen LogP) is 3.48. The van der Waals surface area contributed by atoms with E-state index in [9.17, 15) is 27.5 Å². The van der Waals surface area contributed by atoms with Crippen molar-refractivity contribution in [3.63, 3.8) is 0 Å². The minimum atomic E-state index is -4.43. The highest BCUT2D eigenvalue weighted by atomic mass is 32.1. The molecule has 11 heteroatoms. The van der Waals surface area contributed by atoms with Gasteiger partial charge in [-0.15, -0.1) is 11.3 Å². The first-order chi connectivity index (χ1) is 15.1. The minimum Gasteiger partial charge on any atom is -0.387 e. The third-order valence-corrected chi connectivity index (χ3v) is 6.21. The first-order valence-electron chi connectivity index (χ1n) is 9.61. The van der Waals surface area contributed by atoms with E-state index < -0.39 is 22.8 Å². The summed E-state index contributed by atoms with van der Waals surface area (Å²) >= 11 is 0.558. The fraction of sp³-hybridized carbons (Fsp3) is 0.286. The van der Waals surface area contributed by atoms with Crippen molar-refractivity contribution in [1.29, 1.82) is 0 Å². The molecule has 168 valence electrons. The Balaban J connectivity index is 1.50. The van der Waals surface area contributed by atoms with Crippen LogP contribution in [0, 0.1) is 12.7 Å². The molecule has 0 amide bonds. The Hall–Kier alpha value is -3.05. The van der Waals surface area contributed by atoms with Gasteiger partial charge in [0.25, 0.3) is 0 Å². The van der Waals surface area contributed by atoms with Gasteiger partial charge in [0, 0.05) is 11.4 Å². The average Bonchev–Trinajstić information content (AvgIpc) is 3.21. The number of aliphatic hydroxyl groups excluding tert-OH is 1. The Bertz CT molecular complexity index is 1240. The van der Waals surface area contributed by atoms with Crippen LogP contribution < -0.4 is 10.6 Å². The maximum Gasteiger partial charge on any atom is 0.425 e. The van der Waals surface area contributed by atoms with Crippen molar-refractivity contribution >= 4 is 22.9 Å². The highest BCUT2D eigenvalue weighted by Gasteiger charge is 2.32. The number of rotatable bonds is 4. The molecule has 0 radical (unpaired) electrons. The number of nitrogens with zero attached hydrogens (tertiary/aromatic N) is 4. The molecule has 4 rings (SSSR count). The molecule has 1 aliphatic heterocycles. The number of hydrogen-bond donors (Lipinski definition) is 1. The van der Waals surface area contributed by atoms with E-state index in [0.29, 0.717) is 39.5 Å². The van der Waals surface area contributed by atoms with Crippen LogP contribution in [-0.4, -0.2) is 38.8 Å². The third-order valence-electron chi connectivity index (χ3n) is 5.09. The van der Waals surface area contributed by atoms with Gasteiger partial charge in [-0.2, -0.15) is 18.2 Å². The van der Waals surface area contributed by atoms with E-state index in [-0.39, 0.29) is 24.9 Å². The zero-order chi connectivity index (χ0) is 23.0. The van der Waals surface area contributed by atoms with Crippen molar-refractivity contribution < 1.29 is 22.7 Å². The quantitative estimate of drug-likeness (QED) is 0.597. The zero-order valence-corrected chi connectivity index (χ0v) is 17.6. The maximum absolute atomic E-state index is 13.9. The molecule has 1 atom stereocenters. The SMILES string of the molecule is Cc1ccc(C2=CCN(c3ncn(Cc4ccc(C(F)(F)F)s4)c(=O)n3)C[C@@H]2O)cc1F. The topological polar surface area (TPSA) is 71.2 Å². The zero-order valence-electron chi connectivity index (χ0n) is 16.8. The number of aromatic nitrogens is 3. The summed E-state index contributed by atoms with van der Waals surface area (Å²) < 4.78 is 53.2. The second kappa shape index (κ2) is 8.47. The summed E-state index contributed by atoms with van der Waals surface area (Å²) in [6.45, 7) is 1.97. The molecule has 3 aromatic rings. The highest BCUT2D eigenvalue weighted by Crippen LogP contribution is 2.34. The van der Waals surface area contributed by atoms with E-state index in [0.717, 1.165) is 10.6 Å². The predicted molar refractivity (Wildman–Crippen MR) is 112 cm³/mol. The van der Waals surface area contributed by atoms with Gasteiger partial charge in [0.1, 0.15) is 17.0 Å². The first-order valence-corrected chi connectivity index (χ1v) is 10.4. The lowest BCUT2D eigenvalue weighted by Gasteiger charge is -2.30. The molecule has 0 fully saturated rings. The molecule has 0 aliphatic carbocycles. The summed E-state index contributed by atoms with van der Waals surface area (Å²) in [5.74, 6) is -0.268. The van der Waals surface area contributed by atoms with Crippen molar-refractivity contribution in [2.75, 3.05) is 18.0 Å². The molecule has 0 saturated heterocycles. The van der Waals surface area contributed by atoms with Gasteiger partial charge in [-0.1, -0.05) is 18.2 Å². The first kappa shape index (κ1) is 22.2. The molecule has 32 heavy (non-hydrogen) atoms. The fourth-order valence-corrected chi connectivity index (χ4v) is 4.24. The summed E-state index contributed by atoms with van der Waals surface area (Å²) in [6.07, 6.45) is -2.43. The summed E-state index contributed by atoms with van der Waals surface area (Å²) in [4.78, 5) is 21.6.